The smallest absolute Gasteiger partial charge is 0.249 e. The van der Waals surface area contributed by atoms with Gasteiger partial charge in [0.2, 0.25) is 5.91 Å². The molecule has 0 bridgehead atoms. The Bertz CT molecular complexity index is 293. The normalized spacial score (nSPS) is 16.5. The lowest BCUT2D eigenvalue weighted by Gasteiger charge is -2.17. The molecule has 1 atom stereocenters. The molecule has 1 rings (SSSR count). The second-order valence-electron chi connectivity index (χ2n) is 5.23. The molecule has 0 saturated carbocycles. The van der Waals surface area contributed by atoms with Gasteiger partial charge in [-0.1, -0.05) is 25.5 Å². The van der Waals surface area contributed by atoms with E-state index in [4.69, 9.17) is 4.74 Å². The van der Waals surface area contributed by atoms with Crippen LogP contribution in [0.2, 0.25) is 0 Å². The van der Waals surface area contributed by atoms with Gasteiger partial charge in [0.05, 0.1) is 0 Å². The number of carbonyl (C=O) groups is 1. The van der Waals surface area contributed by atoms with Gasteiger partial charge in [-0.3, -0.25) is 4.79 Å². The molecule has 1 amide bonds. The van der Waals surface area contributed by atoms with Gasteiger partial charge in [0, 0.05) is 19.7 Å². The lowest BCUT2D eigenvalue weighted by Crippen LogP contribution is -2.37. The summed E-state index contributed by atoms with van der Waals surface area (Å²) in [5, 5.41) is 6.18. The van der Waals surface area contributed by atoms with Crippen LogP contribution in [0.15, 0.2) is 11.6 Å². The number of rotatable bonds is 7. The molecule has 0 aliphatic carbocycles. The Morgan fingerprint density at radius 3 is 2.79 bits per heavy atom. The summed E-state index contributed by atoms with van der Waals surface area (Å²) in [6, 6.07) is 0. The van der Waals surface area contributed by atoms with Crippen LogP contribution < -0.4 is 10.6 Å². The Morgan fingerprint density at radius 2 is 2.21 bits per heavy atom. The van der Waals surface area contributed by atoms with Gasteiger partial charge in [0.25, 0.3) is 0 Å². The zero-order valence-corrected chi connectivity index (χ0v) is 13.0. The van der Waals surface area contributed by atoms with E-state index in [0.717, 1.165) is 25.9 Å². The molecule has 0 saturated heterocycles. The van der Waals surface area contributed by atoms with E-state index in [2.05, 4.69) is 30.6 Å². The van der Waals surface area contributed by atoms with Crippen molar-refractivity contribution < 1.29 is 9.53 Å². The molecule has 19 heavy (non-hydrogen) atoms. The predicted octanol–water partition coefficient (Wildman–Crippen LogP) is 1.90. The third kappa shape index (κ3) is 8.24. The number of hydrogen-bond donors (Lipinski definition) is 2. The number of ether oxygens (including phenoxy) is 1. The minimum Gasteiger partial charge on any atom is -0.369 e. The summed E-state index contributed by atoms with van der Waals surface area (Å²) >= 11 is 0. The van der Waals surface area contributed by atoms with E-state index in [1.807, 2.05) is 6.92 Å². The third-order valence-corrected chi connectivity index (χ3v) is 3.08. The molecule has 0 aromatic carbocycles. The highest BCUT2D eigenvalue weighted by molar-refractivity contribution is 5.85. The maximum absolute atomic E-state index is 11.8. The Labute approximate surface area is 122 Å². The van der Waals surface area contributed by atoms with E-state index in [0.29, 0.717) is 19.1 Å². The van der Waals surface area contributed by atoms with Crippen LogP contribution in [-0.4, -0.2) is 38.3 Å². The van der Waals surface area contributed by atoms with Gasteiger partial charge < -0.3 is 15.4 Å². The van der Waals surface area contributed by atoms with Crippen LogP contribution in [0.1, 0.15) is 33.6 Å². The summed E-state index contributed by atoms with van der Waals surface area (Å²) in [5.41, 5.74) is 1.30. The standard InChI is InChI=1S/C14H26N2O2.ClH/c1-11(2)6-9-18-12(3)14(17)16-10-13-4-7-15-8-5-13;/h4,11-12,15H,5-10H2,1-3H3,(H,16,17);1H. The van der Waals surface area contributed by atoms with Gasteiger partial charge in [-0.25, -0.2) is 0 Å². The van der Waals surface area contributed by atoms with Gasteiger partial charge in [-0.05, 0) is 32.2 Å². The molecule has 0 radical (unpaired) electrons. The lowest BCUT2D eigenvalue weighted by molar-refractivity contribution is -0.131. The van der Waals surface area contributed by atoms with Crippen LogP contribution in [0.3, 0.4) is 0 Å². The average molecular weight is 291 g/mol. The largest absolute Gasteiger partial charge is 0.369 e. The second-order valence-corrected chi connectivity index (χ2v) is 5.23. The second kappa shape index (κ2) is 10.2. The zero-order valence-electron chi connectivity index (χ0n) is 12.2. The Morgan fingerprint density at radius 1 is 1.47 bits per heavy atom. The first-order valence-electron chi connectivity index (χ1n) is 6.87. The molecule has 1 heterocycles. The van der Waals surface area contributed by atoms with Gasteiger partial charge in [-0.15, -0.1) is 12.4 Å². The Balaban J connectivity index is 0.00000324. The summed E-state index contributed by atoms with van der Waals surface area (Å²) in [5.74, 6) is 0.596. The summed E-state index contributed by atoms with van der Waals surface area (Å²) in [7, 11) is 0. The summed E-state index contributed by atoms with van der Waals surface area (Å²) in [6.07, 6.45) is 3.80. The van der Waals surface area contributed by atoms with E-state index in [1.54, 1.807) is 0 Å². The molecule has 0 aromatic rings. The van der Waals surface area contributed by atoms with Gasteiger partial charge in [-0.2, -0.15) is 0 Å². The van der Waals surface area contributed by atoms with E-state index in [1.165, 1.54) is 5.57 Å². The highest BCUT2D eigenvalue weighted by Gasteiger charge is 2.13. The highest BCUT2D eigenvalue weighted by Crippen LogP contribution is 2.04. The van der Waals surface area contributed by atoms with Crippen molar-refractivity contribution in [1.29, 1.82) is 0 Å². The first-order chi connectivity index (χ1) is 8.59. The fourth-order valence-corrected chi connectivity index (χ4v) is 1.73. The zero-order chi connectivity index (χ0) is 13.4. The third-order valence-electron chi connectivity index (χ3n) is 3.08. The molecular formula is C14H27ClN2O2. The van der Waals surface area contributed by atoms with Crippen LogP contribution in [0.4, 0.5) is 0 Å². The minimum absolute atomic E-state index is 0. The highest BCUT2D eigenvalue weighted by atomic mass is 35.5. The Hall–Kier alpha value is -0.580. The monoisotopic (exact) mass is 290 g/mol. The van der Waals surface area contributed by atoms with E-state index in [9.17, 15) is 4.79 Å². The van der Waals surface area contributed by atoms with Crippen LogP contribution in [0.5, 0.6) is 0 Å². The first-order valence-corrected chi connectivity index (χ1v) is 6.87. The maximum Gasteiger partial charge on any atom is 0.249 e. The van der Waals surface area contributed by atoms with Crippen LogP contribution >= 0.6 is 12.4 Å². The van der Waals surface area contributed by atoms with Crippen molar-refractivity contribution in [3.05, 3.63) is 11.6 Å². The topological polar surface area (TPSA) is 50.4 Å². The number of nitrogens with one attached hydrogen (secondary N) is 2. The summed E-state index contributed by atoms with van der Waals surface area (Å²) in [4.78, 5) is 11.8. The van der Waals surface area contributed by atoms with Crippen molar-refractivity contribution >= 4 is 18.3 Å². The number of amides is 1. The number of carbonyl (C=O) groups excluding carboxylic acids is 1. The van der Waals surface area contributed by atoms with E-state index >= 15 is 0 Å². The quantitative estimate of drug-likeness (QED) is 0.704. The first kappa shape index (κ1) is 18.4. The van der Waals surface area contributed by atoms with Crippen molar-refractivity contribution in [2.24, 2.45) is 5.92 Å². The fraction of sp³-hybridized carbons (Fsp3) is 0.786. The van der Waals surface area contributed by atoms with Crippen molar-refractivity contribution in [1.82, 2.24) is 10.6 Å². The van der Waals surface area contributed by atoms with Crippen LogP contribution in [-0.2, 0) is 9.53 Å². The summed E-state index contributed by atoms with van der Waals surface area (Å²) in [6.45, 7) is 9.33. The SMILES string of the molecule is CC(C)CCOC(C)C(=O)NCC1=CCNCC1.Cl. The lowest BCUT2D eigenvalue weighted by atomic mass is 10.1. The fourth-order valence-electron chi connectivity index (χ4n) is 1.73. The van der Waals surface area contributed by atoms with Gasteiger partial charge in [0.15, 0.2) is 0 Å². The molecule has 0 spiro atoms. The molecular weight excluding hydrogens is 264 g/mol. The van der Waals surface area contributed by atoms with Crippen molar-refractivity contribution in [3.8, 4) is 0 Å². The molecule has 112 valence electrons. The van der Waals surface area contributed by atoms with E-state index in [-0.39, 0.29) is 24.4 Å². The predicted molar refractivity (Wildman–Crippen MR) is 80.7 cm³/mol. The molecule has 1 unspecified atom stereocenters. The molecule has 2 N–H and O–H groups in total. The average Bonchev–Trinajstić information content (AvgIpc) is 2.36. The molecule has 4 nitrogen and oxygen atoms in total. The maximum atomic E-state index is 11.8. The molecule has 0 aromatic heterocycles. The van der Waals surface area contributed by atoms with Crippen molar-refractivity contribution in [2.45, 2.75) is 39.7 Å². The van der Waals surface area contributed by atoms with Crippen molar-refractivity contribution in [3.63, 3.8) is 0 Å². The van der Waals surface area contributed by atoms with Gasteiger partial charge >= 0.3 is 0 Å². The minimum atomic E-state index is -0.355. The Kier molecular flexibility index (Phi) is 9.92. The van der Waals surface area contributed by atoms with Crippen molar-refractivity contribution in [2.75, 3.05) is 26.2 Å². The molecule has 1 aliphatic rings. The molecule has 0 fully saturated rings. The molecule has 5 heteroatoms. The number of hydrogen-bond acceptors (Lipinski definition) is 3. The summed E-state index contributed by atoms with van der Waals surface area (Å²) < 4.78 is 5.51. The van der Waals surface area contributed by atoms with E-state index < -0.39 is 0 Å². The van der Waals surface area contributed by atoms with Crippen LogP contribution in [0.25, 0.3) is 0 Å². The molecule has 1 aliphatic heterocycles. The van der Waals surface area contributed by atoms with Gasteiger partial charge in [0.1, 0.15) is 6.10 Å². The number of halogens is 1. The van der Waals surface area contributed by atoms with Crippen LogP contribution in [0, 0.1) is 5.92 Å².